The maximum absolute atomic E-state index is 10.2. The molecule has 0 aromatic rings. The highest BCUT2D eigenvalue weighted by atomic mass is 16.1. The molecule has 0 saturated carbocycles. The van der Waals surface area contributed by atoms with E-state index in [-0.39, 0.29) is 11.8 Å². The third kappa shape index (κ3) is 4.82. The lowest BCUT2D eigenvalue weighted by molar-refractivity contribution is -0.118. The van der Waals surface area contributed by atoms with Crippen LogP contribution in [0.4, 0.5) is 0 Å². The molecule has 0 aliphatic heterocycles. The Hall–Kier alpha value is -1.04. The van der Waals surface area contributed by atoms with E-state index in [0.717, 1.165) is 0 Å². The van der Waals surface area contributed by atoms with Crippen molar-refractivity contribution in [3.63, 3.8) is 0 Å². The largest absolute Gasteiger partial charge is 0.370 e. The first kappa shape index (κ1) is 7.96. The Morgan fingerprint density at radius 3 is 2.78 bits per heavy atom. The lowest BCUT2D eigenvalue weighted by Crippen LogP contribution is -2.14. The van der Waals surface area contributed by atoms with Crippen molar-refractivity contribution in [3.05, 3.63) is 0 Å². The quantitative estimate of drug-likeness (QED) is 0.595. The summed E-state index contributed by atoms with van der Waals surface area (Å²) < 4.78 is 0. The Kier molecular flexibility index (Phi) is 3.45. The van der Waals surface area contributed by atoms with E-state index in [1.165, 1.54) is 0 Å². The molecule has 2 N–H and O–H groups in total. The summed E-state index contributed by atoms with van der Waals surface area (Å²) in [6.07, 6.45) is 0.719. The van der Waals surface area contributed by atoms with E-state index >= 15 is 0 Å². The summed E-state index contributed by atoms with van der Waals surface area (Å²) in [6.45, 7) is 1.83. The van der Waals surface area contributed by atoms with E-state index in [4.69, 9.17) is 11.0 Å². The second-order valence-electron chi connectivity index (χ2n) is 2.14. The van der Waals surface area contributed by atoms with Crippen molar-refractivity contribution >= 4 is 5.91 Å². The number of nitrogens with zero attached hydrogens (tertiary/aromatic N) is 1. The molecule has 0 aromatic carbocycles. The normalized spacial score (nSPS) is 12.0. The first-order valence-corrected chi connectivity index (χ1v) is 2.82. The summed E-state index contributed by atoms with van der Waals surface area (Å²) in [5.74, 6) is -0.231. The number of nitriles is 1. The Balaban J connectivity index is 3.40. The molecule has 0 aromatic heterocycles. The molecule has 1 atom stereocenters. The number of amides is 1. The minimum atomic E-state index is -0.335. The molecule has 9 heavy (non-hydrogen) atoms. The average molecular weight is 126 g/mol. The van der Waals surface area contributed by atoms with Gasteiger partial charge in [-0.25, -0.2) is 0 Å². The molecule has 0 aliphatic carbocycles. The maximum atomic E-state index is 10.2. The van der Waals surface area contributed by atoms with E-state index < -0.39 is 0 Å². The van der Waals surface area contributed by atoms with Crippen LogP contribution in [0.1, 0.15) is 19.8 Å². The SMILES string of the molecule is C[C@@H](CC#N)CC(N)=O. The fourth-order valence-electron chi connectivity index (χ4n) is 0.571. The average Bonchev–Trinajstić information content (AvgIpc) is 1.63. The molecule has 0 radical (unpaired) electrons. The summed E-state index contributed by atoms with van der Waals surface area (Å²) in [7, 11) is 0. The Morgan fingerprint density at radius 2 is 2.44 bits per heavy atom. The highest BCUT2D eigenvalue weighted by molar-refractivity contribution is 5.73. The van der Waals surface area contributed by atoms with Crippen molar-refractivity contribution < 1.29 is 4.79 Å². The van der Waals surface area contributed by atoms with Gasteiger partial charge >= 0.3 is 0 Å². The van der Waals surface area contributed by atoms with Gasteiger partial charge in [0.15, 0.2) is 0 Å². The lowest BCUT2D eigenvalue weighted by atomic mass is 10.1. The molecule has 1 amide bonds. The number of hydrogen-bond donors (Lipinski definition) is 1. The first-order valence-electron chi connectivity index (χ1n) is 2.82. The van der Waals surface area contributed by atoms with Gasteiger partial charge in [-0.1, -0.05) is 6.92 Å². The zero-order valence-corrected chi connectivity index (χ0v) is 5.42. The molecular weight excluding hydrogens is 116 g/mol. The van der Waals surface area contributed by atoms with Crippen LogP contribution in [0.25, 0.3) is 0 Å². The fourth-order valence-corrected chi connectivity index (χ4v) is 0.571. The Bertz CT molecular complexity index is 136. The molecule has 0 rings (SSSR count). The van der Waals surface area contributed by atoms with Crippen LogP contribution in [0.15, 0.2) is 0 Å². The molecule has 0 saturated heterocycles. The number of nitrogens with two attached hydrogens (primary N) is 1. The van der Waals surface area contributed by atoms with Gasteiger partial charge in [-0.3, -0.25) is 4.79 Å². The number of hydrogen-bond acceptors (Lipinski definition) is 2. The minimum Gasteiger partial charge on any atom is -0.370 e. The van der Waals surface area contributed by atoms with Crippen LogP contribution in [0.2, 0.25) is 0 Å². The zero-order valence-electron chi connectivity index (χ0n) is 5.42. The van der Waals surface area contributed by atoms with E-state index in [9.17, 15) is 4.79 Å². The predicted octanol–water partition coefficient (Wildman–Crippen LogP) is 0.412. The topological polar surface area (TPSA) is 66.9 Å². The molecule has 3 nitrogen and oxygen atoms in total. The zero-order chi connectivity index (χ0) is 7.28. The summed E-state index contributed by atoms with van der Waals surface area (Å²) >= 11 is 0. The van der Waals surface area contributed by atoms with E-state index in [1.54, 1.807) is 0 Å². The third-order valence-electron chi connectivity index (χ3n) is 0.989. The Morgan fingerprint density at radius 1 is 1.89 bits per heavy atom. The molecule has 50 valence electrons. The van der Waals surface area contributed by atoms with Crippen LogP contribution in [0.5, 0.6) is 0 Å². The molecule has 0 bridgehead atoms. The second kappa shape index (κ2) is 3.90. The van der Waals surface area contributed by atoms with Gasteiger partial charge < -0.3 is 5.73 Å². The van der Waals surface area contributed by atoms with Crippen molar-refractivity contribution in [1.82, 2.24) is 0 Å². The summed E-state index contributed by atoms with van der Waals surface area (Å²) in [4.78, 5) is 10.2. The highest BCUT2D eigenvalue weighted by Gasteiger charge is 2.03. The van der Waals surface area contributed by atoms with Crippen LogP contribution >= 0.6 is 0 Å². The number of carbonyl (C=O) groups is 1. The molecule has 0 spiro atoms. The van der Waals surface area contributed by atoms with Gasteiger partial charge in [0.05, 0.1) is 6.07 Å². The molecule has 3 heteroatoms. The van der Waals surface area contributed by atoms with Crippen molar-refractivity contribution in [2.75, 3.05) is 0 Å². The van der Waals surface area contributed by atoms with E-state index in [0.29, 0.717) is 12.8 Å². The summed E-state index contributed by atoms with van der Waals surface area (Å²) in [5.41, 5.74) is 4.88. The maximum Gasteiger partial charge on any atom is 0.217 e. The molecular formula is C6H10N2O. The lowest BCUT2D eigenvalue weighted by Gasteiger charge is -2.00. The highest BCUT2D eigenvalue weighted by Crippen LogP contribution is 2.03. The number of rotatable bonds is 3. The monoisotopic (exact) mass is 126 g/mol. The van der Waals surface area contributed by atoms with E-state index in [1.807, 2.05) is 13.0 Å². The van der Waals surface area contributed by atoms with Crippen molar-refractivity contribution in [3.8, 4) is 6.07 Å². The van der Waals surface area contributed by atoms with E-state index in [2.05, 4.69) is 0 Å². The number of primary amides is 1. The van der Waals surface area contributed by atoms with Gasteiger partial charge in [-0.15, -0.1) is 0 Å². The van der Waals surface area contributed by atoms with Gasteiger partial charge in [-0.05, 0) is 5.92 Å². The van der Waals surface area contributed by atoms with Crippen LogP contribution < -0.4 is 5.73 Å². The third-order valence-corrected chi connectivity index (χ3v) is 0.989. The summed E-state index contributed by atoms with van der Waals surface area (Å²) in [5, 5.41) is 8.15. The van der Waals surface area contributed by atoms with Gasteiger partial charge in [0.2, 0.25) is 5.91 Å². The molecule has 0 aliphatic rings. The molecule has 0 unspecified atom stereocenters. The predicted molar refractivity (Wildman–Crippen MR) is 33.2 cm³/mol. The van der Waals surface area contributed by atoms with Crippen LogP contribution in [0, 0.1) is 17.2 Å². The van der Waals surface area contributed by atoms with Crippen LogP contribution in [-0.4, -0.2) is 5.91 Å². The molecule has 0 heterocycles. The number of carbonyl (C=O) groups excluding carboxylic acids is 1. The summed E-state index contributed by atoms with van der Waals surface area (Å²) in [6, 6.07) is 1.97. The van der Waals surface area contributed by atoms with Gasteiger partial charge in [-0.2, -0.15) is 5.26 Å². The van der Waals surface area contributed by atoms with Gasteiger partial charge in [0.25, 0.3) is 0 Å². The Labute approximate surface area is 54.5 Å². The van der Waals surface area contributed by atoms with Crippen molar-refractivity contribution in [1.29, 1.82) is 5.26 Å². The van der Waals surface area contributed by atoms with Crippen molar-refractivity contribution in [2.45, 2.75) is 19.8 Å². The van der Waals surface area contributed by atoms with Crippen LogP contribution in [-0.2, 0) is 4.79 Å². The fraction of sp³-hybridized carbons (Fsp3) is 0.667. The van der Waals surface area contributed by atoms with Crippen LogP contribution in [0.3, 0.4) is 0 Å². The first-order chi connectivity index (χ1) is 4.16. The molecule has 0 fully saturated rings. The standard InChI is InChI=1S/C6H10N2O/c1-5(2-3-7)4-6(8)9/h5H,2,4H2,1H3,(H2,8,9)/t5-/m0/s1. The minimum absolute atomic E-state index is 0.104. The second-order valence-corrected chi connectivity index (χ2v) is 2.14. The van der Waals surface area contributed by atoms with Gasteiger partial charge in [0.1, 0.15) is 0 Å². The smallest absolute Gasteiger partial charge is 0.217 e. The van der Waals surface area contributed by atoms with Crippen molar-refractivity contribution in [2.24, 2.45) is 11.7 Å². The van der Waals surface area contributed by atoms with Gasteiger partial charge in [0, 0.05) is 12.8 Å².